The quantitative estimate of drug-likeness (QED) is 0.561. The molecule has 1 unspecified atom stereocenters. The molecular formula is C21H19N7O. The highest BCUT2D eigenvalue weighted by Crippen LogP contribution is 2.39. The third-order valence-electron chi connectivity index (χ3n) is 5.21. The Morgan fingerprint density at radius 3 is 2.72 bits per heavy atom. The van der Waals surface area contributed by atoms with Gasteiger partial charge in [0.1, 0.15) is 5.52 Å². The van der Waals surface area contributed by atoms with E-state index in [0.29, 0.717) is 24.4 Å². The molecule has 0 aliphatic carbocycles. The van der Waals surface area contributed by atoms with Crippen LogP contribution in [0.15, 0.2) is 54.9 Å². The van der Waals surface area contributed by atoms with Gasteiger partial charge < -0.3 is 10.6 Å². The average Bonchev–Trinajstić information content (AvgIpc) is 3.14. The highest BCUT2D eigenvalue weighted by molar-refractivity contribution is 6.03. The van der Waals surface area contributed by atoms with Gasteiger partial charge in [0.2, 0.25) is 11.9 Å². The van der Waals surface area contributed by atoms with Crippen molar-refractivity contribution in [1.29, 1.82) is 0 Å². The summed E-state index contributed by atoms with van der Waals surface area (Å²) in [7, 11) is 1.83. The number of nitrogens with one attached hydrogen (secondary N) is 2. The van der Waals surface area contributed by atoms with E-state index in [9.17, 15) is 4.79 Å². The number of hydrogen-bond donors (Lipinski definition) is 2. The van der Waals surface area contributed by atoms with Gasteiger partial charge in [-0.15, -0.1) is 5.10 Å². The molecule has 0 bridgehead atoms. The number of fused-ring (bicyclic) bond motifs is 3. The van der Waals surface area contributed by atoms with Crippen molar-refractivity contribution >= 4 is 28.6 Å². The van der Waals surface area contributed by atoms with E-state index in [-0.39, 0.29) is 11.8 Å². The van der Waals surface area contributed by atoms with Crippen LogP contribution in [0.4, 0.5) is 11.6 Å². The van der Waals surface area contributed by atoms with Crippen molar-refractivity contribution in [3.63, 3.8) is 0 Å². The summed E-state index contributed by atoms with van der Waals surface area (Å²) >= 11 is 0. The monoisotopic (exact) mass is 385 g/mol. The molecule has 1 aliphatic heterocycles. The zero-order chi connectivity index (χ0) is 19.8. The van der Waals surface area contributed by atoms with Crippen LogP contribution in [-0.4, -0.2) is 30.9 Å². The van der Waals surface area contributed by atoms with Gasteiger partial charge in [-0.25, -0.2) is 14.6 Å². The molecule has 8 nitrogen and oxygen atoms in total. The van der Waals surface area contributed by atoms with E-state index < -0.39 is 0 Å². The van der Waals surface area contributed by atoms with Crippen LogP contribution in [0.1, 0.15) is 29.0 Å². The molecule has 1 aliphatic rings. The van der Waals surface area contributed by atoms with Crippen LogP contribution in [0.3, 0.4) is 0 Å². The third kappa shape index (κ3) is 3.18. The molecule has 3 heterocycles. The summed E-state index contributed by atoms with van der Waals surface area (Å²) in [6.07, 6.45) is 3.92. The fourth-order valence-corrected chi connectivity index (χ4v) is 3.71. The maximum atomic E-state index is 12.4. The standard InChI is InChI=1S/C21H19N7O/c1-28-17-8-7-15-16(9-18(29)25-19(15)20(17)26-27-28)14-11-23-21(24-12-14)22-10-13-5-3-2-4-6-13/h2-8,11-12,16H,9-10H2,1H3,(H,25,29)(H,22,23,24). The maximum Gasteiger partial charge on any atom is 0.225 e. The van der Waals surface area contributed by atoms with Crippen LogP contribution < -0.4 is 10.6 Å². The maximum absolute atomic E-state index is 12.4. The highest BCUT2D eigenvalue weighted by Gasteiger charge is 2.29. The van der Waals surface area contributed by atoms with Crippen LogP contribution >= 0.6 is 0 Å². The summed E-state index contributed by atoms with van der Waals surface area (Å²) in [6, 6.07) is 14.1. The van der Waals surface area contributed by atoms with Crippen LogP contribution in [-0.2, 0) is 18.4 Å². The van der Waals surface area contributed by atoms with Crippen molar-refractivity contribution in [2.24, 2.45) is 7.05 Å². The predicted octanol–water partition coefficient (Wildman–Crippen LogP) is 2.84. The Labute approximate surface area is 167 Å². The van der Waals surface area contributed by atoms with Gasteiger partial charge in [0.05, 0.1) is 11.2 Å². The fourth-order valence-electron chi connectivity index (χ4n) is 3.71. The van der Waals surface area contributed by atoms with Crippen LogP contribution in [0.2, 0.25) is 0 Å². The number of benzene rings is 2. The van der Waals surface area contributed by atoms with Crippen molar-refractivity contribution < 1.29 is 4.79 Å². The number of amides is 1. The Kier molecular flexibility index (Phi) is 4.16. The van der Waals surface area contributed by atoms with E-state index in [4.69, 9.17) is 0 Å². The Balaban J connectivity index is 1.42. The fraction of sp³-hybridized carbons (Fsp3) is 0.190. The number of carbonyl (C=O) groups is 1. The minimum atomic E-state index is -0.117. The Morgan fingerprint density at radius 1 is 1.14 bits per heavy atom. The van der Waals surface area contributed by atoms with Crippen molar-refractivity contribution in [3.05, 3.63) is 71.5 Å². The van der Waals surface area contributed by atoms with Crippen molar-refractivity contribution in [3.8, 4) is 0 Å². The number of carbonyl (C=O) groups excluding carboxylic acids is 1. The van der Waals surface area contributed by atoms with E-state index in [1.807, 2.05) is 49.5 Å². The molecule has 0 saturated carbocycles. The van der Waals surface area contributed by atoms with Crippen LogP contribution in [0.5, 0.6) is 0 Å². The van der Waals surface area contributed by atoms with Crippen molar-refractivity contribution in [2.75, 3.05) is 10.6 Å². The molecule has 0 spiro atoms. The van der Waals surface area contributed by atoms with E-state index in [0.717, 1.165) is 27.9 Å². The number of aryl methyl sites for hydroxylation is 1. The molecule has 8 heteroatoms. The first kappa shape index (κ1) is 17.3. The largest absolute Gasteiger partial charge is 0.350 e. The van der Waals surface area contributed by atoms with Crippen molar-refractivity contribution in [2.45, 2.75) is 18.9 Å². The highest BCUT2D eigenvalue weighted by atomic mass is 16.1. The molecule has 4 aromatic rings. The molecule has 2 N–H and O–H groups in total. The second-order valence-corrected chi connectivity index (χ2v) is 7.09. The summed E-state index contributed by atoms with van der Waals surface area (Å²) < 4.78 is 1.70. The lowest BCUT2D eigenvalue weighted by molar-refractivity contribution is -0.116. The smallest absolute Gasteiger partial charge is 0.225 e. The number of nitrogens with zero attached hydrogens (tertiary/aromatic N) is 5. The average molecular weight is 385 g/mol. The second-order valence-electron chi connectivity index (χ2n) is 7.09. The first-order valence-electron chi connectivity index (χ1n) is 9.41. The summed E-state index contributed by atoms with van der Waals surface area (Å²) in [5.41, 5.74) is 5.36. The lowest BCUT2D eigenvalue weighted by Gasteiger charge is -2.25. The van der Waals surface area contributed by atoms with Gasteiger partial charge in [0.25, 0.3) is 0 Å². The van der Waals surface area contributed by atoms with Gasteiger partial charge >= 0.3 is 0 Å². The first-order chi connectivity index (χ1) is 14.2. The molecular weight excluding hydrogens is 366 g/mol. The zero-order valence-electron chi connectivity index (χ0n) is 15.8. The summed E-state index contributed by atoms with van der Waals surface area (Å²) in [4.78, 5) is 21.3. The van der Waals surface area contributed by atoms with Gasteiger partial charge in [-0.1, -0.05) is 41.6 Å². The molecule has 29 heavy (non-hydrogen) atoms. The third-order valence-corrected chi connectivity index (χ3v) is 5.21. The van der Waals surface area contributed by atoms with E-state index >= 15 is 0 Å². The van der Waals surface area contributed by atoms with Crippen LogP contribution in [0, 0.1) is 0 Å². The van der Waals surface area contributed by atoms with Gasteiger partial charge in [-0.3, -0.25) is 4.79 Å². The second kappa shape index (κ2) is 6.97. The molecule has 5 rings (SSSR count). The molecule has 2 aromatic heterocycles. The van der Waals surface area contributed by atoms with E-state index in [1.165, 1.54) is 0 Å². The Hall–Kier alpha value is -3.81. The predicted molar refractivity (Wildman–Crippen MR) is 109 cm³/mol. The van der Waals surface area contributed by atoms with E-state index in [2.05, 4.69) is 30.9 Å². The van der Waals surface area contributed by atoms with Gasteiger partial charge in [-0.2, -0.15) is 0 Å². The number of anilines is 2. The molecule has 144 valence electrons. The molecule has 0 saturated heterocycles. The Morgan fingerprint density at radius 2 is 1.93 bits per heavy atom. The summed E-state index contributed by atoms with van der Waals surface area (Å²) in [5.74, 6) is 0.391. The number of aromatic nitrogens is 5. The summed E-state index contributed by atoms with van der Waals surface area (Å²) in [5, 5.41) is 14.5. The molecule has 2 aromatic carbocycles. The lowest BCUT2D eigenvalue weighted by atomic mass is 9.86. The van der Waals surface area contributed by atoms with Crippen molar-refractivity contribution in [1.82, 2.24) is 25.0 Å². The zero-order valence-corrected chi connectivity index (χ0v) is 15.8. The minimum absolute atomic E-state index is 0.0491. The normalized spacial score (nSPS) is 15.8. The molecule has 0 radical (unpaired) electrons. The molecule has 0 fully saturated rings. The first-order valence-corrected chi connectivity index (χ1v) is 9.41. The van der Waals surface area contributed by atoms with Crippen LogP contribution in [0.25, 0.3) is 11.0 Å². The number of rotatable bonds is 4. The lowest BCUT2D eigenvalue weighted by Crippen LogP contribution is -2.24. The van der Waals surface area contributed by atoms with Gasteiger partial charge in [0, 0.05) is 38.3 Å². The number of hydrogen-bond acceptors (Lipinski definition) is 6. The van der Waals surface area contributed by atoms with Gasteiger partial charge in [0.15, 0.2) is 0 Å². The summed E-state index contributed by atoms with van der Waals surface area (Å²) in [6.45, 7) is 0.652. The minimum Gasteiger partial charge on any atom is -0.350 e. The van der Waals surface area contributed by atoms with Gasteiger partial charge in [-0.05, 0) is 22.8 Å². The Bertz CT molecular complexity index is 1190. The van der Waals surface area contributed by atoms with E-state index in [1.54, 1.807) is 17.1 Å². The molecule has 1 atom stereocenters. The SMILES string of the molecule is Cn1nnc2c3c(ccc21)C(c1cnc(NCc2ccccc2)nc1)CC(=O)N3. The topological polar surface area (TPSA) is 97.6 Å². The molecule has 1 amide bonds.